The van der Waals surface area contributed by atoms with Gasteiger partial charge in [-0.3, -0.25) is 5.41 Å². The summed E-state index contributed by atoms with van der Waals surface area (Å²) in [6.07, 6.45) is 3.64. The molecule has 0 saturated carbocycles. The highest BCUT2D eigenvalue weighted by atomic mass is 14.9. The first-order valence-electron chi connectivity index (χ1n) is 7.36. The van der Waals surface area contributed by atoms with Crippen LogP contribution >= 0.6 is 0 Å². The summed E-state index contributed by atoms with van der Waals surface area (Å²) in [7, 11) is 0. The fourth-order valence-corrected chi connectivity index (χ4v) is 2.33. The predicted molar refractivity (Wildman–Crippen MR) is 92.7 cm³/mol. The number of anilines is 1. The number of nitrogens with one attached hydrogen (secondary N) is 2. The second-order valence-electron chi connectivity index (χ2n) is 5.42. The second-order valence-corrected chi connectivity index (χ2v) is 5.42. The minimum Gasteiger partial charge on any atom is -0.385 e. The van der Waals surface area contributed by atoms with E-state index in [9.17, 15) is 0 Å². The molecule has 0 aliphatic rings. The molecule has 0 unspecified atom stereocenters. The molecule has 4 heteroatoms. The van der Waals surface area contributed by atoms with Gasteiger partial charge in [0.1, 0.15) is 5.82 Å². The van der Waals surface area contributed by atoms with Gasteiger partial charge in [-0.1, -0.05) is 6.58 Å². The van der Waals surface area contributed by atoms with Crippen LogP contribution in [0, 0.1) is 19.3 Å². The molecule has 1 aromatic heterocycles. The van der Waals surface area contributed by atoms with Crippen molar-refractivity contribution in [3.05, 3.63) is 53.6 Å². The van der Waals surface area contributed by atoms with Crippen molar-refractivity contribution >= 4 is 11.4 Å². The van der Waals surface area contributed by atoms with E-state index < -0.39 is 0 Å². The highest BCUT2D eigenvalue weighted by Gasteiger charge is 2.13. The number of hydrogen-bond donors (Lipinski definition) is 2. The van der Waals surface area contributed by atoms with E-state index >= 15 is 0 Å². The molecule has 0 saturated heterocycles. The fraction of sp³-hybridized carbons (Fsp3) is 0.278. The summed E-state index contributed by atoms with van der Waals surface area (Å²) in [5.41, 5.74) is 6.12. The van der Waals surface area contributed by atoms with E-state index in [1.54, 1.807) is 0 Å². The van der Waals surface area contributed by atoms with Gasteiger partial charge in [0, 0.05) is 35.8 Å². The minimum absolute atomic E-state index is 0.453. The van der Waals surface area contributed by atoms with Gasteiger partial charge in [-0.2, -0.15) is 0 Å². The SMILES string of the molecule is C=C(C)C(=N)c1cc(-c2cnc(C)nc2)cc(C)c1NCC. The average molecular weight is 294 g/mol. The Morgan fingerprint density at radius 1 is 1.18 bits per heavy atom. The monoisotopic (exact) mass is 294 g/mol. The van der Waals surface area contributed by atoms with Crippen LogP contribution in [0.4, 0.5) is 5.69 Å². The normalized spacial score (nSPS) is 10.4. The largest absolute Gasteiger partial charge is 0.385 e. The van der Waals surface area contributed by atoms with Gasteiger partial charge in [-0.25, -0.2) is 9.97 Å². The summed E-state index contributed by atoms with van der Waals surface area (Å²) >= 11 is 0. The summed E-state index contributed by atoms with van der Waals surface area (Å²) < 4.78 is 0. The van der Waals surface area contributed by atoms with Crippen molar-refractivity contribution in [2.45, 2.75) is 27.7 Å². The van der Waals surface area contributed by atoms with Crippen LogP contribution in [0.3, 0.4) is 0 Å². The first-order chi connectivity index (χ1) is 10.4. The van der Waals surface area contributed by atoms with Crippen LogP contribution in [0.25, 0.3) is 11.1 Å². The Hall–Kier alpha value is -2.49. The van der Waals surface area contributed by atoms with E-state index in [1.165, 1.54) is 0 Å². The van der Waals surface area contributed by atoms with Crippen LogP contribution in [-0.4, -0.2) is 22.2 Å². The third-order valence-electron chi connectivity index (χ3n) is 3.50. The predicted octanol–water partition coefficient (Wildman–Crippen LogP) is 4.14. The lowest BCUT2D eigenvalue weighted by molar-refractivity contribution is 1.06. The zero-order valence-corrected chi connectivity index (χ0v) is 13.6. The standard InChI is InChI=1S/C18H22N4/c1-6-20-18-12(4)7-14(8-16(18)17(19)11(2)3)15-9-21-13(5)22-10-15/h7-10,19-20H,2,6H2,1,3-5H3. The molecule has 4 nitrogen and oxygen atoms in total. The van der Waals surface area contributed by atoms with Crippen molar-refractivity contribution < 1.29 is 0 Å². The molecule has 0 amide bonds. The number of aromatic nitrogens is 2. The maximum Gasteiger partial charge on any atom is 0.125 e. The number of allylic oxidation sites excluding steroid dienone is 1. The summed E-state index contributed by atoms with van der Waals surface area (Å²) in [4.78, 5) is 8.51. The Labute approximate surface area is 131 Å². The Morgan fingerprint density at radius 3 is 2.36 bits per heavy atom. The van der Waals surface area contributed by atoms with Crippen molar-refractivity contribution in [2.75, 3.05) is 11.9 Å². The van der Waals surface area contributed by atoms with E-state index in [-0.39, 0.29) is 0 Å². The maximum atomic E-state index is 8.32. The summed E-state index contributed by atoms with van der Waals surface area (Å²) in [5, 5.41) is 11.7. The number of aryl methyl sites for hydroxylation is 2. The molecule has 2 aromatic rings. The van der Waals surface area contributed by atoms with E-state index in [0.717, 1.165) is 45.9 Å². The zero-order valence-electron chi connectivity index (χ0n) is 13.6. The van der Waals surface area contributed by atoms with Gasteiger partial charge in [-0.15, -0.1) is 0 Å². The van der Waals surface area contributed by atoms with Gasteiger partial charge in [0.2, 0.25) is 0 Å². The number of rotatable bonds is 5. The van der Waals surface area contributed by atoms with Crippen LogP contribution in [0.15, 0.2) is 36.7 Å². The molecule has 2 rings (SSSR count). The number of benzene rings is 1. The second kappa shape index (κ2) is 6.52. The molecule has 0 aliphatic carbocycles. The third kappa shape index (κ3) is 3.22. The van der Waals surface area contributed by atoms with Gasteiger partial charge in [0.25, 0.3) is 0 Å². The summed E-state index contributed by atoms with van der Waals surface area (Å²) in [5.74, 6) is 0.750. The van der Waals surface area contributed by atoms with Crippen molar-refractivity contribution in [3.63, 3.8) is 0 Å². The average Bonchev–Trinajstić information content (AvgIpc) is 2.49. The maximum absolute atomic E-state index is 8.32. The van der Waals surface area contributed by atoms with Crippen LogP contribution in [0.2, 0.25) is 0 Å². The van der Waals surface area contributed by atoms with Crippen molar-refractivity contribution in [3.8, 4) is 11.1 Å². The molecule has 114 valence electrons. The van der Waals surface area contributed by atoms with Crippen molar-refractivity contribution in [1.82, 2.24) is 9.97 Å². The molecule has 1 aromatic carbocycles. The van der Waals surface area contributed by atoms with Gasteiger partial charge in [0.15, 0.2) is 0 Å². The van der Waals surface area contributed by atoms with Gasteiger partial charge >= 0.3 is 0 Å². The molecule has 0 spiro atoms. The Balaban J connectivity index is 2.61. The molecule has 0 atom stereocenters. The molecule has 1 heterocycles. The lowest BCUT2D eigenvalue weighted by Crippen LogP contribution is -2.09. The van der Waals surface area contributed by atoms with Crippen molar-refractivity contribution in [1.29, 1.82) is 5.41 Å². The molecule has 0 aliphatic heterocycles. The summed E-state index contributed by atoms with van der Waals surface area (Å²) in [6.45, 7) is 12.5. The van der Waals surface area contributed by atoms with E-state index in [4.69, 9.17) is 5.41 Å². The summed E-state index contributed by atoms with van der Waals surface area (Å²) in [6, 6.07) is 4.11. The zero-order chi connectivity index (χ0) is 16.3. The Kier molecular flexibility index (Phi) is 4.71. The van der Waals surface area contributed by atoms with Crippen LogP contribution in [-0.2, 0) is 0 Å². The van der Waals surface area contributed by atoms with Gasteiger partial charge in [-0.05, 0) is 56.5 Å². The molecule has 22 heavy (non-hydrogen) atoms. The highest BCUT2D eigenvalue weighted by molar-refractivity contribution is 6.14. The first kappa shape index (κ1) is 15.9. The molecule has 0 bridgehead atoms. The van der Waals surface area contributed by atoms with Crippen LogP contribution in [0.5, 0.6) is 0 Å². The van der Waals surface area contributed by atoms with E-state index in [0.29, 0.717) is 5.71 Å². The van der Waals surface area contributed by atoms with E-state index in [1.807, 2.05) is 39.2 Å². The fourth-order valence-electron chi connectivity index (χ4n) is 2.33. The Morgan fingerprint density at radius 2 is 1.82 bits per heavy atom. The number of nitrogens with zero attached hydrogens (tertiary/aromatic N) is 2. The lowest BCUT2D eigenvalue weighted by atomic mass is 9.95. The highest BCUT2D eigenvalue weighted by Crippen LogP contribution is 2.30. The van der Waals surface area contributed by atoms with Crippen LogP contribution in [0.1, 0.15) is 30.8 Å². The van der Waals surface area contributed by atoms with Crippen LogP contribution < -0.4 is 5.32 Å². The topological polar surface area (TPSA) is 61.7 Å². The third-order valence-corrected chi connectivity index (χ3v) is 3.50. The quantitative estimate of drug-likeness (QED) is 0.815. The molecule has 0 fully saturated rings. The van der Waals surface area contributed by atoms with E-state index in [2.05, 4.69) is 34.9 Å². The van der Waals surface area contributed by atoms with Gasteiger partial charge < -0.3 is 5.32 Å². The first-order valence-corrected chi connectivity index (χ1v) is 7.36. The number of hydrogen-bond acceptors (Lipinski definition) is 4. The lowest BCUT2D eigenvalue weighted by Gasteiger charge is -2.17. The van der Waals surface area contributed by atoms with Crippen molar-refractivity contribution in [2.24, 2.45) is 0 Å². The Bertz CT molecular complexity index is 715. The molecule has 2 N–H and O–H groups in total. The van der Waals surface area contributed by atoms with Gasteiger partial charge in [0.05, 0.1) is 5.71 Å². The minimum atomic E-state index is 0.453. The molecule has 0 radical (unpaired) electrons. The smallest absolute Gasteiger partial charge is 0.125 e. The molecular formula is C18H22N4. The molecular weight excluding hydrogens is 272 g/mol.